The lowest BCUT2D eigenvalue weighted by atomic mass is 9.94. The van der Waals surface area contributed by atoms with E-state index in [1.807, 2.05) is 7.11 Å². The van der Waals surface area contributed by atoms with Crippen LogP contribution in [-0.2, 0) is 4.74 Å². The van der Waals surface area contributed by atoms with Crippen molar-refractivity contribution in [1.82, 2.24) is 10.2 Å². The Bertz CT molecular complexity index is 382. The molecule has 3 unspecified atom stereocenters. The molecule has 1 fully saturated rings. The van der Waals surface area contributed by atoms with Gasteiger partial charge in [-0.05, 0) is 38.4 Å². The van der Waals surface area contributed by atoms with Gasteiger partial charge < -0.3 is 10.1 Å². The highest BCUT2D eigenvalue weighted by atomic mass is 16.5. The molecule has 112 valence electrons. The number of benzene rings is 1. The molecule has 0 bridgehead atoms. The highest BCUT2D eigenvalue weighted by Crippen LogP contribution is 2.26. The van der Waals surface area contributed by atoms with Gasteiger partial charge in [0, 0.05) is 25.7 Å². The van der Waals surface area contributed by atoms with Crippen molar-refractivity contribution in [3.63, 3.8) is 0 Å². The normalized spacial score (nSPS) is 23.4. The molecule has 1 aromatic rings. The molecule has 20 heavy (non-hydrogen) atoms. The van der Waals surface area contributed by atoms with Crippen LogP contribution in [-0.4, -0.2) is 44.3 Å². The van der Waals surface area contributed by atoms with Gasteiger partial charge >= 0.3 is 0 Å². The molecule has 0 aromatic heterocycles. The van der Waals surface area contributed by atoms with Gasteiger partial charge in [-0.1, -0.05) is 37.3 Å². The summed E-state index contributed by atoms with van der Waals surface area (Å²) < 4.78 is 5.57. The van der Waals surface area contributed by atoms with E-state index in [9.17, 15) is 0 Å². The van der Waals surface area contributed by atoms with Crippen LogP contribution in [0.15, 0.2) is 30.3 Å². The summed E-state index contributed by atoms with van der Waals surface area (Å²) in [6, 6.07) is 11.7. The number of likely N-dealkylation sites (N-methyl/N-ethyl adjacent to an activating group) is 1. The number of nitrogens with zero attached hydrogens (tertiary/aromatic N) is 1. The van der Waals surface area contributed by atoms with E-state index in [-0.39, 0.29) is 0 Å². The molecule has 0 aliphatic carbocycles. The summed E-state index contributed by atoms with van der Waals surface area (Å²) in [5.74, 6) is 0. The minimum atomic E-state index is 0.386. The van der Waals surface area contributed by atoms with E-state index in [4.69, 9.17) is 4.74 Å². The van der Waals surface area contributed by atoms with Crippen molar-refractivity contribution in [2.75, 3.05) is 27.2 Å². The summed E-state index contributed by atoms with van der Waals surface area (Å²) in [4.78, 5) is 2.60. The van der Waals surface area contributed by atoms with Gasteiger partial charge in [0.15, 0.2) is 0 Å². The SMILES string of the molecule is CCC(C(NC)c1ccccc1)N1CCCC(OC)C1. The van der Waals surface area contributed by atoms with Crippen LogP contribution in [0.3, 0.4) is 0 Å². The molecule has 0 radical (unpaired) electrons. The Kier molecular flexibility index (Phi) is 6.02. The second-order valence-corrected chi connectivity index (χ2v) is 5.65. The Morgan fingerprint density at radius 1 is 1.35 bits per heavy atom. The lowest BCUT2D eigenvalue weighted by Crippen LogP contribution is -2.49. The highest BCUT2D eigenvalue weighted by Gasteiger charge is 2.30. The van der Waals surface area contributed by atoms with Crippen LogP contribution < -0.4 is 5.32 Å². The Balaban J connectivity index is 2.13. The second-order valence-electron chi connectivity index (χ2n) is 5.65. The maximum absolute atomic E-state index is 5.57. The summed E-state index contributed by atoms with van der Waals surface area (Å²) in [7, 11) is 3.90. The Morgan fingerprint density at radius 3 is 2.70 bits per heavy atom. The zero-order valence-electron chi connectivity index (χ0n) is 13.0. The molecule has 3 nitrogen and oxygen atoms in total. The van der Waals surface area contributed by atoms with Gasteiger partial charge in [0.2, 0.25) is 0 Å². The maximum atomic E-state index is 5.57. The molecule has 2 rings (SSSR count). The number of nitrogens with one attached hydrogen (secondary N) is 1. The smallest absolute Gasteiger partial charge is 0.0698 e. The molecule has 1 N–H and O–H groups in total. The Labute approximate surface area is 123 Å². The first-order valence-corrected chi connectivity index (χ1v) is 7.79. The fourth-order valence-corrected chi connectivity index (χ4v) is 3.41. The minimum Gasteiger partial charge on any atom is -0.380 e. The van der Waals surface area contributed by atoms with Crippen LogP contribution in [0.5, 0.6) is 0 Å². The lowest BCUT2D eigenvalue weighted by molar-refractivity contribution is 0.00665. The van der Waals surface area contributed by atoms with Gasteiger partial charge in [-0.25, -0.2) is 0 Å². The van der Waals surface area contributed by atoms with Crippen LogP contribution >= 0.6 is 0 Å². The van der Waals surface area contributed by atoms with Crippen LogP contribution in [0.2, 0.25) is 0 Å². The molecule has 3 heteroatoms. The molecule has 0 spiro atoms. The molecule has 3 atom stereocenters. The fourth-order valence-electron chi connectivity index (χ4n) is 3.41. The molecule has 1 heterocycles. The predicted molar refractivity (Wildman–Crippen MR) is 83.9 cm³/mol. The fraction of sp³-hybridized carbons (Fsp3) is 0.647. The third kappa shape index (κ3) is 3.60. The first-order valence-electron chi connectivity index (χ1n) is 7.79. The van der Waals surface area contributed by atoms with Gasteiger partial charge in [-0.15, -0.1) is 0 Å². The third-order valence-corrected chi connectivity index (χ3v) is 4.48. The van der Waals surface area contributed by atoms with Gasteiger partial charge in [0.25, 0.3) is 0 Å². The van der Waals surface area contributed by atoms with Crippen molar-refractivity contribution in [3.05, 3.63) is 35.9 Å². The number of likely N-dealkylation sites (tertiary alicyclic amines) is 1. The van der Waals surface area contributed by atoms with E-state index < -0.39 is 0 Å². The maximum Gasteiger partial charge on any atom is 0.0698 e. The molecule has 0 saturated carbocycles. The first-order chi connectivity index (χ1) is 9.80. The van der Waals surface area contributed by atoms with E-state index in [1.165, 1.54) is 24.9 Å². The standard InChI is InChI=1S/C17H28N2O/c1-4-16(19-12-8-11-15(13-19)20-3)17(18-2)14-9-6-5-7-10-14/h5-7,9-10,15-18H,4,8,11-13H2,1-3H3. The van der Waals surface area contributed by atoms with Crippen molar-refractivity contribution >= 4 is 0 Å². The largest absolute Gasteiger partial charge is 0.380 e. The lowest BCUT2D eigenvalue weighted by Gasteiger charge is -2.41. The van der Waals surface area contributed by atoms with E-state index in [0.717, 1.165) is 13.0 Å². The molecule has 1 aromatic carbocycles. The number of methoxy groups -OCH3 is 1. The van der Waals surface area contributed by atoms with E-state index in [0.29, 0.717) is 18.2 Å². The van der Waals surface area contributed by atoms with Gasteiger partial charge in [0.1, 0.15) is 0 Å². The first kappa shape index (κ1) is 15.5. The molecular formula is C17H28N2O. The number of hydrogen-bond donors (Lipinski definition) is 1. The van der Waals surface area contributed by atoms with Crippen molar-refractivity contribution in [1.29, 1.82) is 0 Å². The van der Waals surface area contributed by atoms with Crippen LogP contribution in [0.25, 0.3) is 0 Å². The number of piperidine rings is 1. The van der Waals surface area contributed by atoms with Crippen molar-refractivity contribution in [3.8, 4) is 0 Å². The molecular weight excluding hydrogens is 248 g/mol. The average Bonchev–Trinajstić information content (AvgIpc) is 2.53. The number of ether oxygens (including phenoxy) is 1. The Hall–Kier alpha value is -0.900. The Morgan fingerprint density at radius 2 is 2.10 bits per heavy atom. The summed E-state index contributed by atoms with van der Waals surface area (Å²) in [5.41, 5.74) is 1.38. The van der Waals surface area contributed by atoms with Crippen LogP contribution in [0.4, 0.5) is 0 Å². The van der Waals surface area contributed by atoms with Crippen molar-refractivity contribution < 1.29 is 4.74 Å². The van der Waals surface area contributed by atoms with Crippen molar-refractivity contribution in [2.45, 2.75) is 44.4 Å². The quantitative estimate of drug-likeness (QED) is 0.864. The molecule has 1 saturated heterocycles. The number of hydrogen-bond acceptors (Lipinski definition) is 3. The highest BCUT2D eigenvalue weighted by molar-refractivity contribution is 5.20. The topological polar surface area (TPSA) is 24.5 Å². The predicted octanol–water partition coefficient (Wildman–Crippen LogP) is 2.84. The minimum absolute atomic E-state index is 0.386. The van der Waals surface area contributed by atoms with Gasteiger partial charge in [-0.2, -0.15) is 0 Å². The van der Waals surface area contributed by atoms with Crippen molar-refractivity contribution in [2.24, 2.45) is 0 Å². The van der Waals surface area contributed by atoms with Gasteiger partial charge in [-0.3, -0.25) is 4.90 Å². The second kappa shape index (κ2) is 7.77. The van der Waals surface area contributed by atoms with Crippen LogP contribution in [0.1, 0.15) is 37.8 Å². The van der Waals surface area contributed by atoms with E-state index >= 15 is 0 Å². The number of rotatable bonds is 6. The zero-order chi connectivity index (χ0) is 14.4. The van der Waals surface area contributed by atoms with E-state index in [1.54, 1.807) is 0 Å². The summed E-state index contributed by atoms with van der Waals surface area (Å²) in [6.07, 6.45) is 3.97. The molecule has 0 amide bonds. The van der Waals surface area contributed by atoms with Crippen LogP contribution in [0, 0.1) is 0 Å². The average molecular weight is 276 g/mol. The van der Waals surface area contributed by atoms with Gasteiger partial charge in [0.05, 0.1) is 6.10 Å². The zero-order valence-corrected chi connectivity index (χ0v) is 13.0. The third-order valence-electron chi connectivity index (χ3n) is 4.48. The summed E-state index contributed by atoms with van der Waals surface area (Å²) in [5, 5.41) is 3.52. The summed E-state index contributed by atoms with van der Waals surface area (Å²) >= 11 is 0. The van der Waals surface area contributed by atoms with E-state index in [2.05, 4.69) is 54.5 Å². The summed E-state index contributed by atoms with van der Waals surface area (Å²) in [6.45, 7) is 4.53. The monoisotopic (exact) mass is 276 g/mol. The molecule has 1 aliphatic rings. The molecule has 1 aliphatic heterocycles.